The largest absolute Gasteiger partial charge is 0.357 e. The van der Waals surface area contributed by atoms with Gasteiger partial charge in [-0.25, -0.2) is 9.97 Å². The van der Waals surface area contributed by atoms with Gasteiger partial charge in [-0.15, -0.1) is 0 Å². The van der Waals surface area contributed by atoms with Crippen molar-refractivity contribution in [3.63, 3.8) is 0 Å². The Balaban J connectivity index is 1.94. The zero-order valence-corrected chi connectivity index (χ0v) is 16.7. The van der Waals surface area contributed by atoms with E-state index in [0.29, 0.717) is 11.0 Å². The summed E-state index contributed by atoms with van der Waals surface area (Å²) < 4.78 is 0. The standard InChI is InChI=1S/C23H20ClN5/c1-25-23-28-13-10-20(29-23)22(16-6-8-19(24)9-7-16)21(17-4-2-11-26-14-17)18-5-3-12-27-15-18/h2-15,21-22H,1H3,(H,25,28,29). The topological polar surface area (TPSA) is 63.6 Å². The summed E-state index contributed by atoms with van der Waals surface area (Å²) in [7, 11) is 1.82. The molecule has 3 aromatic heterocycles. The molecule has 1 aromatic carbocycles. The van der Waals surface area contributed by atoms with Gasteiger partial charge in [-0.1, -0.05) is 35.9 Å². The summed E-state index contributed by atoms with van der Waals surface area (Å²) in [6.07, 6.45) is 9.15. The van der Waals surface area contributed by atoms with E-state index < -0.39 is 0 Å². The number of pyridine rings is 2. The van der Waals surface area contributed by atoms with E-state index in [1.165, 1.54) is 0 Å². The minimum absolute atomic E-state index is 0.0295. The highest BCUT2D eigenvalue weighted by molar-refractivity contribution is 6.30. The molecule has 0 bridgehead atoms. The molecule has 0 spiro atoms. The van der Waals surface area contributed by atoms with Gasteiger partial charge < -0.3 is 5.32 Å². The molecule has 1 N–H and O–H groups in total. The third-order valence-electron chi connectivity index (χ3n) is 4.87. The maximum atomic E-state index is 6.17. The van der Waals surface area contributed by atoms with Gasteiger partial charge >= 0.3 is 0 Å². The number of halogens is 1. The van der Waals surface area contributed by atoms with E-state index in [1.807, 2.05) is 61.9 Å². The molecule has 29 heavy (non-hydrogen) atoms. The van der Waals surface area contributed by atoms with E-state index in [4.69, 9.17) is 16.6 Å². The van der Waals surface area contributed by atoms with Crippen LogP contribution < -0.4 is 5.32 Å². The smallest absolute Gasteiger partial charge is 0.222 e. The fourth-order valence-corrected chi connectivity index (χ4v) is 3.69. The molecule has 1 atom stereocenters. The van der Waals surface area contributed by atoms with Crippen LogP contribution in [0.25, 0.3) is 0 Å². The van der Waals surface area contributed by atoms with Crippen LogP contribution in [0.15, 0.2) is 85.6 Å². The van der Waals surface area contributed by atoms with Crippen molar-refractivity contribution >= 4 is 17.5 Å². The van der Waals surface area contributed by atoms with Crippen LogP contribution in [0.4, 0.5) is 5.95 Å². The van der Waals surface area contributed by atoms with Crippen LogP contribution in [0.1, 0.15) is 34.2 Å². The average molecular weight is 402 g/mol. The highest BCUT2D eigenvalue weighted by Gasteiger charge is 2.30. The maximum absolute atomic E-state index is 6.17. The molecule has 3 heterocycles. The summed E-state index contributed by atoms with van der Waals surface area (Å²) in [5, 5.41) is 3.73. The van der Waals surface area contributed by atoms with E-state index in [1.54, 1.807) is 18.6 Å². The molecule has 4 aromatic rings. The quantitative estimate of drug-likeness (QED) is 0.496. The normalized spacial score (nSPS) is 12.0. The molecular formula is C23H20ClN5. The minimum Gasteiger partial charge on any atom is -0.357 e. The summed E-state index contributed by atoms with van der Waals surface area (Å²) in [6.45, 7) is 0. The molecule has 144 valence electrons. The SMILES string of the molecule is CNc1nccc(C(c2ccc(Cl)cc2)C(c2cccnc2)c2cccnc2)n1. The molecule has 0 aliphatic rings. The van der Waals surface area contributed by atoms with E-state index in [2.05, 4.69) is 32.4 Å². The van der Waals surface area contributed by atoms with Gasteiger partial charge in [-0.05, 0) is 47.0 Å². The third kappa shape index (κ3) is 4.25. The zero-order valence-electron chi connectivity index (χ0n) is 15.9. The molecule has 0 aliphatic heterocycles. The van der Waals surface area contributed by atoms with Crippen molar-refractivity contribution in [3.8, 4) is 0 Å². The van der Waals surface area contributed by atoms with Gasteiger partial charge in [0.2, 0.25) is 5.95 Å². The Hall–Kier alpha value is -3.31. The Labute approximate surface area is 174 Å². The van der Waals surface area contributed by atoms with Crippen LogP contribution in [-0.2, 0) is 0 Å². The van der Waals surface area contributed by atoms with Crippen LogP contribution in [-0.4, -0.2) is 27.0 Å². The number of benzene rings is 1. The second kappa shape index (κ2) is 8.80. The summed E-state index contributed by atoms with van der Waals surface area (Å²) in [6, 6.07) is 18.0. The van der Waals surface area contributed by atoms with Gasteiger partial charge in [-0.2, -0.15) is 0 Å². The Morgan fingerprint density at radius 2 is 1.41 bits per heavy atom. The van der Waals surface area contributed by atoms with Crippen molar-refractivity contribution in [1.82, 2.24) is 19.9 Å². The second-order valence-corrected chi connectivity index (χ2v) is 7.07. The Morgan fingerprint density at radius 1 is 0.759 bits per heavy atom. The van der Waals surface area contributed by atoms with Crippen LogP contribution in [0.5, 0.6) is 0 Å². The number of hydrogen-bond acceptors (Lipinski definition) is 5. The lowest BCUT2D eigenvalue weighted by Gasteiger charge is -2.28. The minimum atomic E-state index is -0.0734. The van der Waals surface area contributed by atoms with Gasteiger partial charge in [-0.3, -0.25) is 9.97 Å². The van der Waals surface area contributed by atoms with Crippen LogP contribution in [0.3, 0.4) is 0 Å². The third-order valence-corrected chi connectivity index (χ3v) is 5.12. The van der Waals surface area contributed by atoms with E-state index in [-0.39, 0.29) is 11.8 Å². The summed E-state index contributed by atoms with van der Waals surface area (Å²) in [5.74, 6) is 0.478. The first-order valence-corrected chi connectivity index (χ1v) is 9.70. The monoisotopic (exact) mass is 401 g/mol. The van der Waals surface area contributed by atoms with Crippen molar-refractivity contribution in [2.45, 2.75) is 11.8 Å². The Kier molecular flexibility index (Phi) is 5.77. The Bertz CT molecular complexity index is 1020. The van der Waals surface area contributed by atoms with Crippen LogP contribution >= 0.6 is 11.6 Å². The second-order valence-electron chi connectivity index (χ2n) is 6.63. The molecule has 0 radical (unpaired) electrons. The van der Waals surface area contributed by atoms with Crippen molar-refractivity contribution in [2.75, 3.05) is 12.4 Å². The molecule has 4 rings (SSSR count). The zero-order chi connectivity index (χ0) is 20.1. The van der Waals surface area contributed by atoms with Gasteiger partial charge in [0.05, 0.1) is 5.69 Å². The summed E-state index contributed by atoms with van der Waals surface area (Å²) in [5.41, 5.74) is 4.19. The lowest BCUT2D eigenvalue weighted by atomic mass is 9.76. The fraction of sp³-hybridized carbons (Fsp3) is 0.130. The first-order valence-electron chi connectivity index (χ1n) is 9.32. The van der Waals surface area contributed by atoms with Crippen LogP contribution in [0, 0.1) is 0 Å². The molecule has 1 unspecified atom stereocenters. The predicted octanol–water partition coefficient (Wildman–Crippen LogP) is 4.93. The van der Waals surface area contributed by atoms with E-state index in [0.717, 1.165) is 22.4 Å². The number of nitrogens with zero attached hydrogens (tertiary/aromatic N) is 4. The summed E-state index contributed by atoms with van der Waals surface area (Å²) >= 11 is 6.17. The first-order chi connectivity index (χ1) is 14.3. The molecule has 0 amide bonds. The number of rotatable bonds is 6. The van der Waals surface area contributed by atoms with E-state index in [9.17, 15) is 0 Å². The predicted molar refractivity (Wildman–Crippen MR) is 115 cm³/mol. The first kappa shape index (κ1) is 19.0. The van der Waals surface area contributed by atoms with Crippen LogP contribution in [0.2, 0.25) is 5.02 Å². The number of hydrogen-bond donors (Lipinski definition) is 1. The summed E-state index contributed by atoms with van der Waals surface area (Å²) in [4.78, 5) is 17.8. The van der Waals surface area contributed by atoms with Crippen molar-refractivity contribution < 1.29 is 0 Å². The van der Waals surface area contributed by atoms with Crippen molar-refractivity contribution in [2.24, 2.45) is 0 Å². The Morgan fingerprint density at radius 3 is 1.97 bits per heavy atom. The van der Waals surface area contributed by atoms with E-state index >= 15 is 0 Å². The molecular weight excluding hydrogens is 382 g/mol. The molecule has 0 saturated carbocycles. The van der Waals surface area contributed by atoms with Gasteiger partial charge in [0.1, 0.15) is 0 Å². The molecule has 0 fully saturated rings. The van der Waals surface area contributed by atoms with Gasteiger partial charge in [0.25, 0.3) is 0 Å². The highest BCUT2D eigenvalue weighted by Crippen LogP contribution is 2.42. The molecule has 6 heteroatoms. The number of anilines is 1. The van der Waals surface area contributed by atoms with Gasteiger partial charge in [0, 0.05) is 54.9 Å². The van der Waals surface area contributed by atoms with Crippen molar-refractivity contribution in [1.29, 1.82) is 0 Å². The molecule has 5 nitrogen and oxygen atoms in total. The average Bonchev–Trinajstić information content (AvgIpc) is 2.79. The lowest BCUT2D eigenvalue weighted by Crippen LogP contribution is -2.17. The number of nitrogens with one attached hydrogen (secondary N) is 1. The van der Waals surface area contributed by atoms with Crippen molar-refractivity contribution in [3.05, 3.63) is 113 Å². The maximum Gasteiger partial charge on any atom is 0.222 e. The lowest BCUT2D eigenvalue weighted by molar-refractivity contribution is 0.668. The number of aromatic nitrogens is 4. The molecule has 0 saturated heterocycles. The van der Waals surface area contributed by atoms with Gasteiger partial charge in [0.15, 0.2) is 0 Å². The fourth-order valence-electron chi connectivity index (χ4n) is 3.57. The highest BCUT2D eigenvalue weighted by atomic mass is 35.5. The molecule has 0 aliphatic carbocycles.